The molecular formula is C15H13NO4S2. The average Bonchev–Trinajstić information content (AvgIpc) is 2.54. The van der Waals surface area contributed by atoms with Crippen LogP contribution in [-0.4, -0.2) is 31.8 Å². The van der Waals surface area contributed by atoms with Crippen LogP contribution < -0.4 is 4.31 Å². The van der Waals surface area contributed by atoms with Gasteiger partial charge in [-0.1, -0.05) is 18.2 Å². The van der Waals surface area contributed by atoms with Crippen LogP contribution in [0, 0.1) is 0 Å². The Bertz CT molecular complexity index is 819. The topological polar surface area (TPSA) is 74.7 Å². The number of carboxylic acids is 1. The van der Waals surface area contributed by atoms with E-state index < -0.39 is 16.0 Å². The number of carboxylic acid groups (broad SMARTS) is 1. The van der Waals surface area contributed by atoms with Crippen LogP contribution in [0.1, 0.15) is 10.4 Å². The van der Waals surface area contributed by atoms with Gasteiger partial charge >= 0.3 is 5.97 Å². The van der Waals surface area contributed by atoms with E-state index in [1.165, 1.54) is 40.3 Å². The number of anilines is 1. The highest BCUT2D eigenvalue weighted by molar-refractivity contribution is 8.00. The molecule has 1 aliphatic rings. The fourth-order valence-electron chi connectivity index (χ4n) is 2.30. The Morgan fingerprint density at radius 2 is 1.86 bits per heavy atom. The Balaban J connectivity index is 2.12. The molecule has 0 aromatic heterocycles. The lowest BCUT2D eigenvalue weighted by atomic mass is 10.2. The van der Waals surface area contributed by atoms with E-state index in [4.69, 9.17) is 5.11 Å². The third-order valence-electron chi connectivity index (χ3n) is 3.36. The molecule has 0 aliphatic carbocycles. The molecule has 0 atom stereocenters. The van der Waals surface area contributed by atoms with Gasteiger partial charge < -0.3 is 5.11 Å². The highest BCUT2D eigenvalue weighted by Crippen LogP contribution is 2.38. The summed E-state index contributed by atoms with van der Waals surface area (Å²) in [5.41, 5.74) is 0.509. The highest BCUT2D eigenvalue weighted by atomic mass is 32.2. The zero-order valence-electron chi connectivity index (χ0n) is 11.5. The summed E-state index contributed by atoms with van der Waals surface area (Å²) in [6.45, 7) is 0.317. The van der Waals surface area contributed by atoms with Crippen molar-refractivity contribution >= 4 is 33.4 Å². The average molecular weight is 335 g/mol. The standard InChI is InChI=1S/C15H13NO4S2/c17-15(18)11-6-7-14-13(10-11)16(8-9-21-14)22(19,20)12-4-2-1-3-5-12/h1-7,10H,8-9H2,(H,17,18). The normalized spacial score (nSPS) is 14.5. The molecule has 1 heterocycles. The molecule has 7 heteroatoms. The maximum absolute atomic E-state index is 12.8. The highest BCUT2D eigenvalue weighted by Gasteiger charge is 2.30. The molecule has 0 saturated heterocycles. The van der Waals surface area contributed by atoms with Crippen molar-refractivity contribution in [3.05, 3.63) is 54.1 Å². The maximum atomic E-state index is 12.8. The van der Waals surface area contributed by atoms with Gasteiger partial charge in [-0.05, 0) is 30.3 Å². The second-order valence-electron chi connectivity index (χ2n) is 4.73. The molecule has 1 aliphatic heterocycles. The Kier molecular flexibility index (Phi) is 3.84. The molecule has 2 aromatic rings. The summed E-state index contributed by atoms with van der Waals surface area (Å²) in [5.74, 6) is -0.443. The molecule has 0 amide bonds. The second-order valence-corrected chi connectivity index (χ2v) is 7.73. The Labute approximate surface area is 132 Å². The van der Waals surface area contributed by atoms with Gasteiger partial charge in [-0.3, -0.25) is 4.31 Å². The maximum Gasteiger partial charge on any atom is 0.335 e. The van der Waals surface area contributed by atoms with Gasteiger partial charge in [0.15, 0.2) is 0 Å². The van der Waals surface area contributed by atoms with Gasteiger partial charge in [0.25, 0.3) is 10.0 Å². The van der Waals surface area contributed by atoms with Crippen LogP contribution in [0.25, 0.3) is 0 Å². The van der Waals surface area contributed by atoms with Gasteiger partial charge in [0.05, 0.1) is 16.1 Å². The van der Waals surface area contributed by atoms with Crippen LogP contribution >= 0.6 is 11.8 Å². The fraction of sp³-hybridized carbons (Fsp3) is 0.133. The van der Waals surface area contributed by atoms with Crippen LogP contribution in [0.15, 0.2) is 58.3 Å². The van der Waals surface area contributed by atoms with E-state index in [-0.39, 0.29) is 10.5 Å². The number of fused-ring (bicyclic) bond motifs is 1. The van der Waals surface area contributed by atoms with E-state index in [9.17, 15) is 13.2 Å². The molecule has 0 fully saturated rings. The summed E-state index contributed by atoms with van der Waals surface area (Å²) >= 11 is 1.53. The number of nitrogens with zero attached hydrogens (tertiary/aromatic N) is 1. The van der Waals surface area contributed by atoms with E-state index in [1.807, 2.05) is 0 Å². The molecule has 2 aromatic carbocycles. The van der Waals surface area contributed by atoms with Gasteiger partial charge in [-0.2, -0.15) is 0 Å². The zero-order chi connectivity index (χ0) is 15.7. The van der Waals surface area contributed by atoms with E-state index >= 15 is 0 Å². The van der Waals surface area contributed by atoms with Crippen molar-refractivity contribution in [2.45, 2.75) is 9.79 Å². The van der Waals surface area contributed by atoms with Crippen molar-refractivity contribution in [2.75, 3.05) is 16.6 Å². The molecule has 114 valence electrons. The number of sulfonamides is 1. The van der Waals surface area contributed by atoms with Crippen molar-refractivity contribution in [2.24, 2.45) is 0 Å². The van der Waals surface area contributed by atoms with Crippen molar-refractivity contribution in [1.82, 2.24) is 0 Å². The first-order valence-electron chi connectivity index (χ1n) is 6.58. The Morgan fingerprint density at radius 3 is 2.55 bits per heavy atom. The number of hydrogen-bond donors (Lipinski definition) is 1. The quantitative estimate of drug-likeness (QED) is 0.933. The summed E-state index contributed by atoms with van der Waals surface area (Å²) in [5, 5.41) is 9.12. The predicted octanol–water partition coefficient (Wildman–Crippen LogP) is 2.69. The van der Waals surface area contributed by atoms with Crippen LogP contribution in [-0.2, 0) is 10.0 Å². The molecular weight excluding hydrogens is 322 g/mol. The number of hydrogen-bond acceptors (Lipinski definition) is 4. The number of rotatable bonds is 3. The molecule has 22 heavy (non-hydrogen) atoms. The summed E-state index contributed by atoms with van der Waals surface area (Å²) in [4.78, 5) is 12.1. The van der Waals surface area contributed by atoms with E-state index in [1.54, 1.807) is 24.3 Å². The van der Waals surface area contributed by atoms with E-state index in [2.05, 4.69) is 0 Å². The smallest absolute Gasteiger partial charge is 0.335 e. The number of carbonyl (C=O) groups is 1. The van der Waals surface area contributed by atoms with Crippen molar-refractivity contribution < 1.29 is 18.3 Å². The minimum atomic E-state index is -3.69. The lowest BCUT2D eigenvalue weighted by molar-refractivity contribution is 0.0697. The van der Waals surface area contributed by atoms with Crippen LogP contribution in [0.2, 0.25) is 0 Å². The molecule has 0 radical (unpaired) electrons. The minimum absolute atomic E-state index is 0.0783. The Morgan fingerprint density at radius 1 is 1.14 bits per heavy atom. The largest absolute Gasteiger partial charge is 0.478 e. The first kappa shape index (κ1) is 14.9. The first-order chi connectivity index (χ1) is 10.5. The zero-order valence-corrected chi connectivity index (χ0v) is 13.1. The lowest BCUT2D eigenvalue weighted by Gasteiger charge is -2.30. The predicted molar refractivity (Wildman–Crippen MR) is 85.1 cm³/mol. The number of thioether (sulfide) groups is 1. The second kappa shape index (κ2) is 5.66. The van der Waals surface area contributed by atoms with Crippen molar-refractivity contribution in [3.63, 3.8) is 0 Å². The summed E-state index contributed by atoms with van der Waals surface area (Å²) < 4.78 is 26.9. The summed E-state index contributed by atoms with van der Waals surface area (Å²) in [6, 6.07) is 12.7. The number of benzene rings is 2. The Hall–Kier alpha value is -1.99. The monoisotopic (exact) mass is 335 g/mol. The van der Waals surface area contributed by atoms with Crippen molar-refractivity contribution in [3.8, 4) is 0 Å². The molecule has 5 nitrogen and oxygen atoms in total. The van der Waals surface area contributed by atoms with Gasteiger partial charge in [-0.25, -0.2) is 13.2 Å². The summed E-state index contributed by atoms with van der Waals surface area (Å²) in [7, 11) is -3.69. The number of aromatic carboxylic acids is 1. The van der Waals surface area contributed by atoms with Crippen LogP contribution in [0.4, 0.5) is 5.69 Å². The molecule has 0 unspecified atom stereocenters. The molecule has 1 N–H and O–H groups in total. The van der Waals surface area contributed by atoms with Gasteiger partial charge in [0.1, 0.15) is 0 Å². The molecule has 3 rings (SSSR count). The lowest BCUT2D eigenvalue weighted by Crippen LogP contribution is -2.35. The molecule has 0 bridgehead atoms. The molecule has 0 saturated carbocycles. The third-order valence-corrected chi connectivity index (χ3v) is 6.23. The van der Waals surface area contributed by atoms with Gasteiger partial charge in [-0.15, -0.1) is 11.8 Å². The van der Waals surface area contributed by atoms with E-state index in [0.717, 1.165) is 4.90 Å². The third kappa shape index (κ3) is 2.57. The SMILES string of the molecule is O=C(O)c1ccc2c(c1)N(S(=O)(=O)c1ccccc1)CCS2. The van der Waals surface area contributed by atoms with E-state index in [0.29, 0.717) is 18.0 Å². The first-order valence-corrected chi connectivity index (χ1v) is 9.00. The van der Waals surface area contributed by atoms with Gasteiger partial charge in [0, 0.05) is 17.2 Å². The fourth-order valence-corrected chi connectivity index (χ4v) is 4.94. The van der Waals surface area contributed by atoms with Crippen molar-refractivity contribution in [1.29, 1.82) is 0 Å². The van der Waals surface area contributed by atoms with Crippen LogP contribution in [0.5, 0.6) is 0 Å². The molecule has 0 spiro atoms. The summed E-state index contributed by atoms with van der Waals surface area (Å²) in [6.07, 6.45) is 0. The van der Waals surface area contributed by atoms with Gasteiger partial charge in [0.2, 0.25) is 0 Å². The minimum Gasteiger partial charge on any atom is -0.478 e. The van der Waals surface area contributed by atoms with Crippen LogP contribution in [0.3, 0.4) is 0 Å².